The predicted octanol–water partition coefficient (Wildman–Crippen LogP) is 4.84. The topological polar surface area (TPSA) is 59.1 Å². The van der Waals surface area contributed by atoms with E-state index in [1.54, 1.807) is 30.3 Å². The smallest absolute Gasteiger partial charge is 0.264 e. The molecule has 0 atom stereocenters. The Labute approximate surface area is 204 Å². The molecule has 1 fully saturated rings. The van der Waals surface area contributed by atoms with Crippen molar-refractivity contribution in [1.29, 1.82) is 0 Å². The van der Waals surface area contributed by atoms with Gasteiger partial charge >= 0.3 is 0 Å². The third-order valence-electron chi connectivity index (χ3n) is 6.20. The number of methoxy groups -OCH3 is 2. The zero-order valence-corrected chi connectivity index (χ0v) is 20.5. The van der Waals surface area contributed by atoms with Gasteiger partial charge in [0.1, 0.15) is 11.6 Å². The fourth-order valence-electron chi connectivity index (χ4n) is 4.39. The van der Waals surface area contributed by atoms with E-state index in [0.717, 1.165) is 17.7 Å². The van der Waals surface area contributed by atoms with Crippen molar-refractivity contribution in [3.8, 4) is 11.5 Å². The number of sulfonamides is 1. The number of benzene rings is 3. The number of hydrogen-bond donors (Lipinski definition) is 0. The average Bonchev–Trinajstić information content (AvgIpc) is 2.86. The Morgan fingerprint density at radius 1 is 0.857 bits per heavy atom. The van der Waals surface area contributed by atoms with E-state index >= 15 is 0 Å². The van der Waals surface area contributed by atoms with Gasteiger partial charge in [-0.3, -0.25) is 9.21 Å². The Morgan fingerprint density at radius 2 is 1.43 bits per heavy atom. The quantitative estimate of drug-likeness (QED) is 0.441. The highest BCUT2D eigenvalue weighted by molar-refractivity contribution is 7.92. The average molecular weight is 503 g/mol. The standard InChI is InChI=1S/C26H28F2N2O4S/c1-33-25-12-9-23(17-26(25)34-2)30(35(31,32)24-10-7-21(28)8-11-24)22-13-15-29(16-14-22)18-19-3-5-20(27)6-4-19/h3-12,17,22H,13-16,18H2,1-2H3. The van der Waals surface area contributed by atoms with Crippen molar-refractivity contribution in [2.24, 2.45) is 0 Å². The van der Waals surface area contributed by atoms with Crippen LogP contribution >= 0.6 is 0 Å². The van der Waals surface area contributed by atoms with Crippen molar-refractivity contribution in [2.75, 3.05) is 31.6 Å². The summed E-state index contributed by atoms with van der Waals surface area (Å²) in [6.45, 7) is 2.00. The van der Waals surface area contributed by atoms with Crippen LogP contribution in [0.4, 0.5) is 14.5 Å². The van der Waals surface area contributed by atoms with Crippen molar-refractivity contribution >= 4 is 15.7 Å². The number of halogens is 2. The van der Waals surface area contributed by atoms with Gasteiger partial charge < -0.3 is 9.47 Å². The molecule has 4 rings (SSSR count). The zero-order valence-electron chi connectivity index (χ0n) is 19.7. The first-order chi connectivity index (χ1) is 16.8. The lowest BCUT2D eigenvalue weighted by atomic mass is 10.0. The van der Waals surface area contributed by atoms with E-state index in [9.17, 15) is 17.2 Å². The molecule has 1 saturated heterocycles. The van der Waals surface area contributed by atoms with Crippen LogP contribution in [0.15, 0.2) is 71.6 Å². The highest BCUT2D eigenvalue weighted by Crippen LogP contribution is 2.36. The van der Waals surface area contributed by atoms with E-state index in [-0.39, 0.29) is 16.8 Å². The Bertz CT molecular complexity index is 1240. The molecule has 186 valence electrons. The van der Waals surface area contributed by atoms with E-state index < -0.39 is 15.8 Å². The third-order valence-corrected chi connectivity index (χ3v) is 8.09. The van der Waals surface area contributed by atoms with Crippen LogP contribution < -0.4 is 13.8 Å². The predicted molar refractivity (Wildman–Crippen MR) is 130 cm³/mol. The Balaban J connectivity index is 1.62. The Kier molecular flexibility index (Phi) is 7.57. The van der Waals surface area contributed by atoms with Gasteiger partial charge in [-0.05, 0) is 66.9 Å². The van der Waals surface area contributed by atoms with Gasteiger partial charge in [0.05, 0.1) is 24.8 Å². The van der Waals surface area contributed by atoms with E-state index in [1.807, 2.05) is 0 Å². The number of piperidine rings is 1. The highest BCUT2D eigenvalue weighted by Gasteiger charge is 2.34. The van der Waals surface area contributed by atoms with Crippen LogP contribution in [0.5, 0.6) is 11.5 Å². The van der Waals surface area contributed by atoms with Gasteiger partial charge in [-0.15, -0.1) is 0 Å². The van der Waals surface area contributed by atoms with Gasteiger partial charge in [0.2, 0.25) is 0 Å². The molecule has 1 heterocycles. The van der Waals surface area contributed by atoms with Crippen LogP contribution in [0.3, 0.4) is 0 Å². The van der Waals surface area contributed by atoms with Gasteiger partial charge in [-0.25, -0.2) is 17.2 Å². The molecule has 0 aliphatic carbocycles. The third kappa shape index (κ3) is 5.57. The summed E-state index contributed by atoms with van der Waals surface area (Å²) in [6, 6.07) is 15.9. The SMILES string of the molecule is COc1ccc(N(C2CCN(Cc3ccc(F)cc3)CC2)S(=O)(=O)c2ccc(F)cc2)cc1OC. The summed E-state index contributed by atoms with van der Waals surface area (Å²) in [5.41, 5.74) is 1.45. The number of rotatable bonds is 8. The summed E-state index contributed by atoms with van der Waals surface area (Å²) in [7, 11) is -0.976. The molecular weight excluding hydrogens is 474 g/mol. The van der Waals surface area contributed by atoms with E-state index in [1.165, 1.54) is 42.8 Å². The largest absolute Gasteiger partial charge is 0.493 e. The Morgan fingerprint density at radius 3 is 2.00 bits per heavy atom. The van der Waals surface area contributed by atoms with Crippen LogP contribution in [0, 0.1) is 11.6 Å². The van der Waals surface area contributed by atoms with Gasteiger partial charge in [0.15, 0.2) is 11.5 Å². The molecule has 3 aromatic carbocycles. The number of likely N-dealkylation sites (tertiary alicyclic amines) is 1. The molecule has 0 spiro atoms. The summed E-state index contributed by atoms with van der Waals surface area (Å²) in [6.07, 6.45) is 1.19. The van der Waals surface area contributed by atoms with Crippen LogP contribution in [-0.2, 0) is 16.6 Å². The van der Waals surface area contributed by atoms with Crippen LogP contribution in [0.1, 0.15) is 18.4 Å². The van der Waals surface area contributed by atoms with Gasteiger partial charge in [0, 0.05) is 31.7 Å². The maximum Gasteiger partial charge on any atom is 0.264 e. The minimum Gasteiger partial charge on any atom is -0.493 e. The second-order valence-corrected chi connectivity index (χ2v) is 10.2. The molecule has 3 aromatic rings. The maximum atomic E-state index is 13.8. The monoisotopic (exact) mass is 502 g/mol. The minimum atomic E-state index is -3.99. The highest BCUT2D eigenvalue weighted by atomic mass is 32.2. The zero-order chi connectivity index (χ0) is 25.0. The molecule has 6 nitrogen and oxygen atoms in total. The molecule has 0 aromatic heterocycles. The first-order valence-electron chi connectivity index (χ1n) is 11.3. The van der Waals surface area contributed by atoms with Crippen molar-refractivity contribution in [2.45, 2.75) is 30.3 Å². The van der Waals surface area contributed by atoms with Crippen molar-refractivity contribution in [1.82, 2.24) is 4.90 Å². The van der Waals surface area contributed by atoms with Crippen molar-refractivity contribution < 1.29 is 26.7 Å². The molecule has 9 heteroatoms. The van der Waals surface area contributed by atoms with Gasteiger partial charge in [0.25, 0.3) is 10.0 Å². The second-order valence-electron chi connectivity index (χ2n) is 8.43. The lowest BCUT2D eigenvalue weighted by Crippen LogP contribution is -2.47. The molecule has 35 heavy (non-hydrogen) atoms. The molecular formula is C26H28F2N2O4S. The molecule has 0 saturated carbocycles. The van der Waals surface area contributed by atoms with Gasteiger partial charge in [-0.2, -0.15) is 0 Å². The fraction of sp³-hybridized carbons (Fsp3) is 0.308. The summed E-state index contributed by atoms with van der Waals surface area (Å²) in [5, 5.41) is 0. The van der Waals surface area contributed by atoms with E-state index in [0.29, 0.717) is 49.7 Å². The van der Waals surface area contributed by atoms with E-state index in [2.05, 4.69) is 4.90 Å². The van der Waals surface area contributed by atoms with E-state index in [4.69, 9.17) is 9.47 Å². The second kappa shape index (κ2) is 10.6. The van der Waals surface area contributed by atoms with Crippen molar-refractivity contribution in [3.05, 3.63) is 83.9 Å². The lowest BCUT2D eigenvalue weighted by molar-refractivity contribution is 0.206. The molecule has 1 aliphatic rings. The number of anilines is 1. The molecule has 0 unspecified atom stereocenters. The first-order valence-corrected chi connectivity index (χ1v) is 12.7. The Hall–Kier alpha value is -3.17. The minimum absolute atomic E-state index is 0.0161. The van der Waals surface area contributed by atoms with Crippen LogP contribution in [0.25, 0.3) is 0 Å². The fourth-order valence-corrected chi connectivity index (χ4v) is 6.09. The normalized spacial score (nSPS) is 15.1. The molecule has 0 radical (unpaired) electrons. The number of hydrogen-bond acceptors (Lipinski definition) is 5. The molecule has 1 aliphatic heterocycles. The summed E-state index contributed by atoms with van der Waals surface area (Å²) in [4.78, 5) is 2.24. The molecule has 0 amide bonds. The van der Waals surface area contributed by atoms with Crippen LogP contribution in [0.2, 0.25) is 0 Å². The first kappa shape index (κ1) is 24.9. The summed E-state index contributed by atoms with van der Waals surface area (Å²) >= 11 is 0. The summed E-state index contributed by atoms with van der Waals surface area (Å²) < 4.78 is 66.4. The summed E-state index contributed by atoms with van der Waals surface area (Å²) in [5.74, 6) is 0.127. The number of nitrogens with zero attached hydrogens (tertiary/aromatic N) is 2. The van der Waals surface area contributed by atoms with Gasteiger partial charge in [-0.1, -0.05) is 12.1 Å². The maximum absolute atomic E-state index is 13.8. The van der Waals surface area contributed by atoms with Crippen LogP contribution in [-0.4, -0.2) is 46.7 Å². The molecule has 0 N–H and O–H groups in total. The lowest BCUT2D eigenvalue weighted by Gasteiger charge is -2.39. The molecule has 0 bridgehead atoms. The van der Waals surface area contributed by atoms with Crippen molar-refractivity contribution in [3.63, 3.8) is 0 Å². The number of ether oxygens (including phenoxy) is 2.